The number of unbranched alkanes of at least 4 members (excludes halogenated alkanes) is 9. The molecule has 0 saturated heterocycles. The Labute approximate surface area is 128 Å². The number of nitrogens with two attached hydrogens (primary N) is 1. The average Bonchev–Trinajstić information content (AvgIpc) is 2.47. The van der Waals surface area contributed by atoms with Gasteiger partial charge >= 0.3 is 5.97 Å². The van der Waals surface area contributed by atoms with E-state index in [9.17, 15) is 10.0 Å². The molecule has 124 valence electrons. The minimum Gasteiger partial charge on any atom is -0.469 e. The van der Waals surface area contributed by atoms with E-state index >= 15 is 0 Å². The molecule has 0 rings (SSSR count). The van der Waals surface area contributed by atoms with E-state index in [0.29, 0.717) is 13.0 Å². The number of hydrogen-bond acceptors (Lipinski definition) is 4. The third-order valence-corrected chi connectivity index (χ3v) is 3.51. The maximum Gasteiger partial charge on any atom is 0.305 e. The quantitative estimate of drug-likeness (QED) is 0.160. The summed E-state index contributed by atoms with van der Waals surface area (Å²) in [5.41, 5.74) is 5.12. The molecule has 0 unspecified atom stereocenters. The Morgan fingerprint density at radius 2 is 1.43 bits per heavy atom. The summed E-state index contributed by atoms with van der Waals surface area (Å²) in [5, 5.41) is 17.0. The van der Waals surface area contributed by atoms with Crippen molar-refractivity contribution in [3.63, 3.8) is 0 Å². The van der Waals surface area contributed by atoms with Gasteiger partial charge in [0.2, 0.25) is 5.96 Å². The normalized spacial score (nSPS) is 10.4. The highest BCUT2D eigenvalue weighted by molar-refractivity contribution is 5.73. The molecule has 0 aliphatic heterocycles. The largest absolute Gasteiger partial charge is 0.469 e. The van der Waals surface area contributed by atoms with Crippen molar-refractivity contribution in [3.05, 3.63) is 0 Å². The third kappa shape index (κ3) is 13.4. The van der Waals surface area contributed by atoms with E-state index in [1.54, 1.807) is 0 Å². The van der Waals surface area contributed by atoms with Gasteiger partial charge in [-0.05, 0) is 12.8 Å². The first-order chi connectivity index (χ1) is 10.1. The second-order valence-electron chi connectivity index (χ2n) is 5.37. The molecule has 0 aromatic rings. The summed E-state index contributed by atoms with van der Waals surface area (Å²) >= 11 is 0. The van der Waals surface area contributed by atoms with Crippen LogP contribution in [0.5, 0.6) is 0 Å². The van der Waals surface area contributed by atoms with E-state index in [4.69, 9.17) is 11.1 Å². The van der Waals surface area contributed by atoms with Gasteiger partial charge in [-0.1, -0.05) is 51.4 Å². The highest BCUT2D eigenvalue weighted by Crippen LogP contribution is 2.11. The van der Waals surface area contributed by atoms with Crippen molar-refractivity contribution < 1.29 is 14.7 Å². The number of guanidine groups is 1. The minimum absolute atomic E-state index is 0.110. The number of methoxy groups -OCH3 is 1. The molecule has 4 N–H and O–H groups in total. The van der Waals surface area contributed by atoms with Gasteiger partial charge in [0.05, 0.1) is 7.11 Å². The first kappa shape index (κ1) is 19.7. The molecule has 0 bridgehead atoms. The highest BCUT2D eigenvalue weighted by Gasteiger charge is 2.01. The molecule has 0 aromatic heterocycles. The van der Waals surface area contributed by atoms with E-state index < -0.39 is 0 Å². The monoisotopic (exact) mass is 301 g/mol. The van der Waals surface area contributed by atoms with Crippen LogP contribution in [0.25, 0.3) is 0 Å². The van der Waals surface area contributed by atoms with Gasteiger partial charge in [0.25, 0.3) is 0 Å². The molecule has 0 radical (unpaired) electrons. The van der Waals surface area contributed by atoms with Gasteiger partial charge in [-0.2, -0.15) is 0 Å². The maximum atomic E-state index is 10.9. The lowest BCUT2D eigenvalue weighted by Crippen LogP contribution is -2.34. The standard InChI is InChI=1S/C15H31N3O3/c1-21-14(19)12-10-8-6-4-2-3-5-7-9-11-13-18(20)15(16)17/h20H,2-13H2,1H3,(H3,16,17). The zero-order valence-electron chi connectivity index (χ0n) is 13.3. The average molecular weight is 301 g/mol. The van der Waals surface area contributed by atoms with Crippen molar-refractivity contribution in [3.8, 4) is 0 Å². The molecule has 0 aliphatic rings. The Kier molecular flexibility index (Phi) is 12.8. The van der Waals surface area contributed by atoms with Crippen molar-refractivity contribution >= 4 is 11.9 Å². The lowest BCUT2D eigenvalue weighted by atomic mass is 10.1. The molecule has 0 aliphatic carbocycles. The number of hydroxylamine groups is 2. The van der Waals surface area contributed by atoms with E-state index in [-0.39, 0.29) is 11.9 Å². The maximum absolute atomic E-state index is 10.9. The van der Waals surface area contributed by atoms with Gasteiger partial charge in [-0.25, -0.2) is 5.06 Å². The fraction of sp³-hybridized carbons (Fsp3) is 0.867. The Morgan fingerprint density at radius 3 is 1.86 bits per heavy atom. The molecule has 0 heterocycles. The summed E-state index contributed by atoms with van der Waals surface area (Å²) in [4.78, 5) is 10.9. The zero-order chi connectivity index (χ0) is 15.9. The smallest absolute Gasteiger partial charge is 0.305 e. The third-order valence-electron chi connectivity index (χ3n) is 3.51. The number of carbonyl (C=O) groups is 1. The van der Waals surface area contributed by atoms with Gasteiger partial charge in [0.15, 0.2) is 0 Å². The SMILES string of the molecule is COC(=O)CCCCCCCCCCCCN(O)C(=N)N. The van der Waals surface area contributed by atoms with E-state index in [0.717, 1.165) is 37.2 Å². The van der Waals surface area contributed by atoms with Gasteiger partial charge in [0, 0.05) is 13.0 Å². The molecular weight excluding hydrogens is 270 g/mol. The van der Waals surface area contributed by atoms with Crippen LogP contribution in [-0.2, 0) is 9.53 Å². The topological polar surface area (TPSA) is 99.6 Å². The van der Waals surface area contributed by atoms with Crippen molar-refractivity contribution in [1.82, 2.24) is 5.06 Å². The molecule has 0 atom stereocenters. The lowest BCUT2D eigenvalue weighted by Gasteiger charge is -2.13. The summed E-state index contributed by atoms with van der Waals surface area (Å²) in [5.74, 6) is -0.400. The van der Waals surface area contributed by atoms with Crippen molar-refractivity contribution in [2.75, 3.05) is 13.7 Å². The van der Waals surface area contributed by atoms with Crippen LogP contribution in [0.15, 0.2) is 0 Å². The number of nitrogens with one attached hydrogen (secondary N) is 1. The second-order valence-corrected chi connectivity index (χ2v) is 5.37. The molecule has 6 nitrogen and oxygen atoms in total. The van der Waals surface area contributed by atoms with E-state index in [2.05, 4.69) is 4.74 Å². The Balaban J connectivity index is 3.12. The summed E-state index contributed by atoms with van der Waals surface area (Å²) in [6, 6.07) is 0. The minimum atomic E-state index is -0.290. The fourth-order valence-corrected chi connectivity index (χ4v) is 2.17. The first-order valence-corrected chi connectivity index (χ1v) is 7.95. The van der Waals surface area contributed by atoms with Crippen LogP contribution in [0.4, 0.5) is 0 Å². The van der Waals surface area contributed by atoms with Crippen molar-refractivity contribution in [1.29, 1.82) is 5.41 Å². The molecular formula is C15H31N3O3. The Hall–Kier alpha value is -1.30. The van der Waals surface area contributed by atoms with Crippen molar-refractivity contribution in [2.24, 2.45) is 5.73 Å². The number of nitrogens with zero attached hydrogens (tertiary/aromatic N) is 1. The molecule has 0 spiro atoms. The summed E-state index contributed by atoms with van der Waals surface area (Å²) < 4.78 is 4.59. The predicted octanol–water partition coefficient (Wildman–Crippen LogP) is 3.04. The molecule has 0 amide bonds. The number of hydrogen-bond donors (Lipinski definition) is 3. The van der Waals surface area contributed by atoms with Gasteiger partial charge in [0.1, 0.15) is 0 Å². The van der Waals surface area contributed by atoms with Crippen LogP contribution in [0.2, 0.25) is 0 Å². The summed E-state index contributed by atoms with van der Waals surface area (Å²) in [6.45, 7) is 0.440. The van der Waals surface area contributed by atoms with E-state index in [1.165, 1.54) is 39.2 Å². The van der Waals surface area contributed by atoms with Crippen LogP contribution in [-0.4, -0.2) is 35.9 Å². The van der Waals surface area contributed by atoms with Crippen LogP contribution in [0, 0.1) is 5.41 Å². The molecule has 0 saturated carbocycles. The highest BCUT2D eigenvalue weighted by atomic mass is 16.5. The predicted molar refractivity (Wildman–Crippen MR) is 83.2 cm³/mol. The fourth-order valence-electron chi connectivity index (χ4n) is 2.17. The van der Waals surface area contributed by atoms with Gasteiger partial charge < -0.3 is 10.5 Å². The molecule has 0 aromatic carbocycles. The summed E-state index contributed by atoms with van der Waals surface area (Å²) in [6.07, 6.45) is 11.8. The Bertz CT molecular complexity index is 285. The number of carbonyl (C=O) groups excluding carboxylic acids is 1. The second kappa shape index (κ2) is 13.7. The van der Waals surface area contributed by atoms with E-state index in [1.807, 2.05) is 0 Å². The van der Waals surface area contributed by atoms with Crippen LogP contribution in [0.3, 0.4) is 0 Å². The molecule has 6 heteroatoms. The molecule has 21 heavy (non-hydrogen) atoms. The molecule has 0 fully saturated rings. The van der Waals surface area contributed by atoms with Crippen molar-refractivity contribution in [2.45, 2.75) is 70.6 Å². The Morgan fingerprint density at radius 1 is 1.00 bits per heavy atom. The number of ether oxygens (including phenoxy) is 1. The van der Waals surface area contributed by atoms with Crippen LogP contribution >= 0.6 is 0 Å². The first-order valence-electron chi connectivity index (χ1n) is 7.95. The summed E-state index contributed by atoms with van der Waals surface area (Å²) in [7, 11) is 1.43. The number of esters is 1. The van der Waals surface area contributed by atoms with Crippen LogP contribution < -0.4 is 5.73 Å². The lowest BCUT2D eigenvalue weighted by molar-refractivity contribution is -0.140. The van der Waals surface area contributed by atoms with Gasteiger partial charge in [-0.3, -0.25) is 15.4 Å². The van der Waals surface area contributed by atoms with Gasteiger partial charge in [-0.15, -0.1) is 0 Å². The number of rotatable bonds is 13. The zero-order valence-corrected chi connectivity index (χ0v) is 13.3. The van der Waals surface area contributed by atoms with Crippen LogP contribution in [0.1, 0.15) is 70.6 Å².